The smallest absolute Gasteiger partial charge is 0.408 e. The molecule has 0 spiro atoms. The van der Waals surface area contributed by atoms with Crippen molar-refractivity contribution in [1.82, 2.24) is 10.2 Å². The van der Waals surface area contributed by atoms with Crippen LogP contribution >= 0.6 is 0 Å². The van der Waals surface area contributed by atoms with Gasteiger partial charge in [-0.2, -0.15) is 0 Å². The van der Waals surface area contributed by atoms with Crippen LogP contribution in [0, 0.1) is 12.8 Å². The van der Waals surface area contributed by atoms with Crippen molar-refractivity contribution in [1.29, 1.82) is 0 Å². The largest absolute Gasteiger partial charge is 0.508 e. The first-order chi connectivity index (χ1) is 20.7. The molecule has 8 heteroatoms. The fraction of sp³-hybridized carbons (Fsp3) is 0.417. The van der Waals surface area contributed by atoms with Gasteiger partial charge in [-0.05, 0) is 88.3 Å². The van der Waals surface area contributed by atoms with Gasteiger partial charge in [-0.25, -0.2) is 4.79 Å². The summed E-state index contributed by atoms with van der Waals surface area (Å²) >= 11 is 0. The SMILES string of the molecule is Cc1ccccc1NC(=O)C(c1ccccc1)N(C(=O)C(Cc1ccc(O)cc1)NC(=O)OC(C)(C)C)C(C)CCC(C)C. The maximum Gasteiger partial charge on any atom is 0.408 e. The Morgan fingerprint density at radius 1 is 0.864 bits per heavy atom. The predicted octanol–water partition coefficient (Wildman–Crippen LogP) is 7.17. The van der Waals surface area contributed by atoms with Crippen LogP contribution in [0.3, 0.4) is 0 Å². The van der Waals surface area contributed by atoms with Crippen molar-refractivity contribution in [2.75, 3.05) is 5.32 Å². The molecule has 3 atom stereocenters. The second-order valence-corrected chi connectivity index (χ2v) is 12.8. The number of benzene rings is 3. The average molecular weight is 602 g/mol. The lowest BCUT2D eigenvalue weighted by atomic mass is 9.95. The summed E-state index contributed by atoms with van der Waals surface area (Å²) in [6.45, 7) is 13.4. The molecular weight excluding hydrogens is 554 g/mol. The summed E-state index contributed by atoms with van der Waals surface area (Å²) in [6, 6.07) is 20.9. The number of hydrogen-bond donors (Lipinski definition) is 3. The number of nitrogens with zero attached hydrogens (tertiary/aromatic N) is 1. The third-order valence-electron chi connectivity index (χ3n) is 7.30. The van der Waals surface area contributed by atoms with E-state index in [0.717, 1.165) is 17.5 Å². The lowest BCUT2D eigenvalue weighted by Crippen LogP contribution is -2.55. The number of aromatic hydroxyl groups is 1. The summed E-state index contributed by atoms with van der Waals surface area (Å²) < 4.78 is 5.54. The number of ether oxygens (including phenoxy) is 1. The molecule has 0 saturated heterocycles. The van der Waals surface area contributed by atoms with Crippen LogP contribution in [-0.2, 0) is 20.7 Å². The highest BCUT2D eigenvalue weighted by atomic mass is 16.6. The first kappa shape index (κ1) is 34.2. The van der Waals surface area contributed by atoms with Crippen molar-refractivity contribution in [3.8, 4) is 5.75 Å². The standard InChI is InChI=1S/C36H47N3O5/c1-24(2)17-18-26(4)39(32(28-14-9-8-10-15-28)33(41)37-30-16-12-11-13-25(30)3)34(42)31(38-35(43)44-36(5,6)7)23-27-19-21-29(40)22-20-27/h8-16,19-22,24,26,31-32,40H,17-18,23H2,1-7H3,(H,37,41)(H,38,43). The fourth-order valence-electron chi connectivity index (χ4n) is 5.00. The molecule has 3 N–H and O–H groups in total. The van der Waals surface area contributed by atoms with Gasteiger partial charge in [0.15, 0.2) is 0 Å². The molecule has 44 heavy (non-hydrogen) atoms. The van der Waals surface area contributed by atoms with Crippen LogP contribution in [0.25, 0.3) is 0 Å². The molecule has 3 unspecified atom stereocenters. The summed E-state index contributed by atoms with van der Waals surface area (Å²) in [5, 5.41) is 15.7. The Balaban J connectivity index is 2.11. The van der Waals surface area contributed by atoms with E-state index in [2.05, 4.69) is 24.5 Å². The van der Waals surface area contributed by atoms with Gasteiger partial charge in [-0.3, -0.25) is 9.59 Å². The minimum Gasteiger partial charge on any atom is -0.508 e. The monoisotopic (exact) mass is 601 g/mol. The molecule has 236 valence electrons. The molecule has 0 heterocycles. The maximum absolute atomic E-state index is 14.8. The Labute approximate surface area is 261 Å². The van der Waals surface area contributed by atoms with E-state index in [1.807, 2.05) is 68.4 Å². The zero-order valence-corrected chi connectivity index (χ0v) is 27.0. The topological polar surface area (TPSA) is 108 Å². The number of para-hydroxylation sites is 1. The van der Waals surface area contributed by atoms with Crippen LogP contribution in [0.1, 0.15) is 77.1 Å². The van der Waals surface area contributed by atoms with Crippen LogP contribution in [0.2, 0.25) is 0 Å². The number of rotatable bonds is 12. The van der Waals surface area contributed by atoms with Crippen LogP contribution in [0.5, 0.6) is 5.75 Å². The second kappa shape index (κ2) is 15.4. The zero-order valence-electron chi connectivity index (χ0n) is 27.0. The van der Waals surface area contributed by atoms with Crippen molar-refractivity contribution < 1.29 is 24.2 Å². The summed E-state index contributed by atoms with van der Waals surface area (Å²) in [5.74, 6) is -0.277. The molecular formula is C36H47N3O5. The van der Waals surface area contributed by atoms with E-state index in [1.165, 1.54) is 12.1 Å². The molecule has 3 aromatic carbocycles. The highest BCUT2D eigenvalue weighted by molar-refractivity contribution is 5.99. The third kappa shape index (κ3) is 10.1. The van der Waals surface area contributed by atoms with Crippen LogP contribution in [-0.4, -0.2) is 45.6 Å². The first-order valence-corrected chi connectivity index (χ1v) is 15.3. The van der Waals surface area contributed by atoms with Gasteiger partial charge in [0.1, 0.15) is 23.4 Å². The van der Waals surface area contributed by atoms with E-state index in [9.17, 15) is 19.5 Å². The van der Waals surface area contributed by atoms with Gasteiger partial charge in [0.25, 0.3) is 5.91 Å². The van der Waals surface area contributed by atoms with E-state index < -0.39 is 29.7 Å². The molecule has 0 saturated carbocycles. The predicted molar refractivity (Wildman–Crippen MR) is 174 cm³/mol. The average Bonchev–Trinajstić information content (AvgIpc) is 2.95. The van der Waals surface area contributed by atoms with Crippen molar-refractivity contribution in [3.63, 3.8) is 0 Å². The highest BCUT2D eigenvalue weighted by Crippen LogP contribution is 2.30. The number of anilines is 1. The summed E-state index contributed by atoms with van der Waals surface area (Å²) in [6.07, 6.45) is 0.897. The number of carbonyl (C=O) groups excluding carboxylic acids is 3. The molecule has 0 aromatic heterocycles. The number of phenolic OH excluding ortho intramolecular Hbond substituents is 1. The van der Waals surface area contributed by atoms with E-state index in [0.29, 0.717) is 23.6 Å². The summed E-state index contributed by atoms with van der Waals surface area (Å²) in [7, 11) is 0. The molecule has 3 rings (SSSR count). The van der Waals surface area contributed by atoms with Gasteiger partial charge < -0.3 is 25.4 Å². The molecule has 8 nitrogen and oxygen atoms in total. The van der Waals surface area contributed by atoms with Crippen molar-refractivity contribution in [2.45, 2.75) is 91.5 Å². The van der Waals surface area contributed by atoms with Gasteiger partial charge >= 0.3 is 6.09 Å². The van der Waals surface area contributed by atoms with E-state index in [1.54, 1.807) is 37.8 Å². The van der Waals surface area contributed by atoms with E-state index in [-0.39, 0.29) is 24.1 Å². The number of aryl methyl sites for hydroxylation is 1. The molecule has 0 aliphatic carbocycles. The lowest BCUT2D eigenvalue weighted by Gasteiger charge is -2.39. The fourth-order valence-corrected chi connectivity index (χ4v) is 5.00. The Kier molecular flexibility index (Phi) is 12.0. The maximum atomic E-state index is 14.8. The molecule has 0 radical (unpaired) electrons. The minimum absolute atomic E-state index is 0.0951. The summed E-state index contributed by atoms with van der Waals surface area (Å²) in [5.41, 5.74) is 2.17. The Bertz CT molecular complexity index is 1380. The highest BCUT2D eigenvalue weighted by Gasteiger charge is 2.39. The lowest BCUT2D eigenvalue weighted by molar-refractivity contribution is -0.143. The first-order valence-electron chi connectivity index (χ1n) is 15.3. The van der Waals surface area contributed by atoms with Crippen molar-refractivity contribution in [3.05, 3.63) is 95.6 Å². The Hall–Kier alpha value is -4.33. The van der Waals surface area contributed by atoms with Gasteiger partial charge in [-0.1, -0.05) is 74.5 Å². The van der Waals surface area contributed by atoms with Gasteiger partial charge in [0.2, 0.25) is 5.91 Å². The summed E-state index contributed by atoms with van der Waals surface area (Å²) in [4.78, 5) is 43.7. The molecule has 0 fully saturated rings. The van der Waals surface area contributed by atoms with Crippen LogP contribution in [0.15, 0.2) is 78.9 Å². The molecule has 0 bridgehead atoms. The Morgan fingerprint density at radius 2 is 1.48 bits per heavy atom. The quantitative estimate of drug-likeness (QED) is 0.204. The number of carbonyl (C=O) groups is 3. The third-order valence-corrected chi connectivity index (χ3v) is 7.30. The number of phenols is 1. The molecule has 0 aliphatic rings. The second-order valence-electron chi connectivity index (χ2n) is 12.8. The molecule has 0 aliphatic heterocycles. The van der Waals surface area contributed by atoms with E-state index >= 15 is 0 Å². The number of hydrogen-bond acceptors (Lipinski definition) is 5. The van der Waals surface area contributed by atoms with Gasteiger partial charge in [-0.15, -0.1) is 0 Å². The Morgan fingerprint density at radius 3 is 2.07 bits per heavy atom. The normalized spacial score (nSPS) is 13.5. The van der Waals surface area contributed by atoms with Crippen LogP contribution in [0.4, 0.5) is 10.5 Å². The molecule has 3 amide bonds. The van der Waals surface area contributed by atoms with Crippen molar-refractivity contribution >= 4 is 23.6 Å². The van der Waals surface area contributed by atoms with E-state index in [4.69, 9.17) is 4.74 Å². The number of amides is 3. The minimum atomic E-state index is -1.05. The van der Waals surface area contributed by atoms with Crippen molar-refractivity contribution in [2.24, 2.45) is 5.92 Å². The number of nitrogens with one attached hydrogen (secondary N) is 2. The van der Waals surface area contributed by atoms with Crippen LogP contribution < -0.4 is 10.6 Å². The van der Waals surface area contributed by atoms with Gasteiger partial charge in [0.05, 0.1) is 0 Å². The van der Waals surface area contributed by atoms with Gasteiger partial charge in [0, 0.05) is 18.2 Å². The zero-order chi connectivity index (χ0) is 32.4. The molecule has 3 aromatic rings. The number of alkyl carbamates (subject to hydrolysis) is 1.